The predicted molar refractivity (Wildman–Crippen MR) is 105 cm³/mol. The largest absolute Gasteiger partial charge is 0.490 e. The molecule has 1 aliphatic heterocycles. The number of benzene rings is 1. The van der Waals surface area contributed by atoms with Crippen molar-refractivity contribution in [3.63, 3.8) is 0 Å². The van der Waals surface area contributed by atoms with E-state index in [1.54, 1.807) is 6.07 Å². The fourth-order valence-electron chi connectivity index (χ4n) is 2.97. The maximum absolute atomic E-state index is 12.4. The molecule has 27 heavy (non-hydrogen) atoms. The molecule has 0 saturated carbocycles. The molecule has 0 unspecified atom stereocenters. The molecule has 6 nitrogen and oxygen atoms in total. The number of carbonyl (C=O) groups excluding carboxylic acids is 2. The zero-order valence-electron chi connectivity index (χ0n) is 16.3. The number of ether oxygens (including phenoxy) is 2. The molecule has 1 N–H and O–H groups in total. The van der Waals surface area contributed by atoms with Crippen LogP contribution in [0.5, 0.6) is 11.5 Å². The Balaban J connectivity index is 1.77. The molecule has 2 rings (SSSR count). The summed E-state index contributed by atoms with van der Waals surface area (Å²) < 4.78 is 11.1. The third-order valence-corrected chi connectivity index (χ3v) is 5.24. The van der Waals surface area contributed by atoms with Crippen LogP contribution in [0.25, 0.3) is 0 Å². The average molecular weight is 397 g/mol. The quantitative estimate of drug-likeness (QED) is 0.686. The van der Waals surface area contributed by atoms with Crippen molar-refractivity contribution in [1.82, 2.24) is 10.2 Å². The van der Waals surface area contributed by atoms with Gasteiger partial charge in [0.15, 0.2) is 18.1 Å². The second-order valence-corrected chi connectivity index (χ2v) is 7.59. The van der Waals surface area contributed by atoms with Gasteiger partial charge in [0.1, 0.15) is 0 Å². The molecule has 1 heterocycles. The number of hydrogen-bond acceptors (Lipinski definition) is 4. The Morgan fingerprint density at radius 3 is 2.33 bits per heavy atom. The van der Waals surface area contributed by atoms with Gasteiger partial charge < -0.3 is 19.7 Å². The Morgan fingerprint density at radius 2 is 1.78 bits per heavy atom. The first-order valence-corrected chi connectivity index (χ1v) is 9.90. The summed E-state index contributed by atoms with van der Waals surface area (Å²) in [4.78, 5) is 26.5. The number of piperidine rings is 1. The van der Waals surface area contributed by atoms with Crippen LogP contribution in [-0.2, 0) is 9.59 Å². The van der Waals surface area contributed by atoms with E-state index in [-0.39, 0.29) is 24.5 Å². The van der Waals surface area contributed by atoms with Crippen LogP contribution in [0.2, 0.25) is 0 Å². The van der Waals surface area contributed by atoms with Gasteiger partial charge in [-0.05, 0) is 45.7 Å². The summed E-state index contributed by atoms with van der Waals surface area (Å²) in [7, 11) is 0. The SMILES string of the molecule is CCOc1ccccc1OCC(=O)NC1CCN(C(=O)C(C)(C)CCl)CC1. The summed E-state index contributed by atoms with van der Waals surface area (Å²) in [5.74, 6) is 1.37. The standard InChI is InChI=1S/C20H29ClN2O4/c1-4-26-16-7-5-6-8-17(16)27-13-18(24)22-15-9-11-23(12-10-15)19(25)20(2,3)14-21/h5-8,15H,4,9-14H2,1-3H3,(H,22,24). The maximum Gasteiger partial charge on any atom is 0.258 e. The van der Waals surface area contributed by atoms with Gasteiger partial charge in [-0.2, -0.15) is 0 Å². The molecule has 0 bridgehead atoms. The van der Waals surface area contributed by atoms with Crippen molar-refractivity contribution in [3.8, 4) is 11.5 Å². The van der Waals surface area contributed by atoms with Crippen molar-refractivity contribution < 1.29 is 19.1 Å². The first-order valence-electron chi connectivity index (χ1n) is 9.36. The number of amides is 2. The minimum absolute atomic E-state index is 0.0476. The van der Waals surface area contributed by atoms with E-state index in [1.165, 1.54) is 0 Å². The number of alkyl halides is 1. The molecular formula is C20H29ClN2O4. The third-order valence-electron chi connectivity index (χ3n) is 4.57. The molecule has 1 saturated heterocycles. The second kappa shape index (κ2) is 9.83. The van der Waals surface area contributed by atoms with E-state index in [4.69, 9.17) is 21.1 Å². The van der Waals surface area contributed by atoms with Crippen LogP contribution < -0.4 is 14.8 Å². The van der Waals surface area contributed by atoms with E-state index in [0.29, 0.717) is 37.1 Å². The number of para-hydroxylation sites is 2. The number of rotatable bonds is 8. The Bertz CT molecular complexity index is 643. The number of halogens is 1. The number of nitrogens with one attached hydrogen (secondary N) is 1. The first kappa shape index (κ1) is 21.4. The highest BCUT2D eigenvalue weighted by Gasteiger charge is 2.33. The van der Waals surface area contributed by atoms with Gasteiger partial charge in [0.2, 0.25) is 5.91 Å². The van der Waals surface area contributed by atoms with Crippen LogP contribution in [-0.4, -0.2) is 54.9 Å². The number of hydrogen-bond donors (Lipinski definition) is 1. The van der Waals surface area contributed by atoms with Gasteiger partial charge in [0, 0.05) is 25.0 Å². The predicted octanol–water partition coefficient (Wildman–Crippen LogP) is 2.84. The van der Waals surface area contributed by atoms with Crippen molar-refractivity contribution in [2.75, 3.05) is 32.2 Å². The summed E-state index contributed by atoms with van der Waals surface area (Å²) in [6.07, 6.45) is 1.46. The molecule has 2 amide bonds. The Kier molecular flexibility index (Phi) is 7.78. The van der Waals surface area contributed by atoms with Gasteiger partial charge in [0.05, 0.1) is 12.0 Å². The van der Waals surface area contributed by atoms with E-state index in [0.717, 1.165) is 12.8 Å². The van der Waals surface area contributed by atoms with Gasteiger partial charge in [-0.15, -0.1) is 11.6 Å². The minimum atomic E-state index is -0.556. The second-order valence-electron chi connectivity index (χ2n) is 7.32. The molecule has 1 aromatic carbocycles. The van der Waals surface area contributed by atoms with Crippen molar-refractivity contribution >= 4 is 23.4 Å². The normalized spacial score (nSPS) is 15.3. The van der Waals surface area contributed by atoms with Crippen molar-refractivity contribution in [2.24, 2.45) is 5.41 Å². The summed E-state index contributed by atoms with van der Waals surface area (Å²) in [6.45, 7) is 7.32. The Labute approximate surface area is 166 Å². The minimum Gasteiger partial charge on any atom is -0.490 e. The molecule has 0 aliphatic carbocycles. The van der Waals surface area contributed by atoms with Crippen LogP contribution in [0, 0.1) is 5.41 Å². The lowest BCUT2D eigenvalue weighted by Crippen LogP contribution is -2.50. The Morgan fingerprint density at radius 1 is 1.19 bits per heavy atom. The van der Waals surface area contributed by atoms with Gasteiger partial charge in [-0.3, -0.25) is 9.59 Å². The molecule has 0 atom stereocenters. The molecule has 7 heteroatoms. The molecule has 1 aromatic rings. The van der Waals surface area contributed by atoms with E-state index in [2.05, 4.69) is 5.32 Å². The summed E-state index contributed by atoms with van der Waals surface area (Å²) >= 11 is 5.89. The molecule has 0 spiro atoms. The molecule has 1 aliphatic rings. The van der Waals surface area contributed by atoms with E-state index in [9.17, 15) is 9.59 Å². The van der Waals surface area contributed by atoms with Gasteiger partial charge >= 0.3 is 0 Å². The highest BCUT2D eigenvalue weighted by atomic mass is 35.5. The zero-order chi connectivity index (χ0) is 19.9. The molecular weight excluding hydrogens is 368 g/mol. The Hall–Kier alpha value is -1.95. The summed E-state index contributed by atoms with van der Waals surface area (Å²) in [6, 6.07) is 7.34. The van der Waals surface area contributed by atoms with Gasteiger partial charge in [0.25, 0.3) is 5.91 Å². The molecule has 0 aromatic heterocycles. The van der Waals surface area contributed by atoms with Crippen molar-refractivity contribution in [3.05, 3.63) is 24.3 Å². The highest BCUT2D eigenvalue weighted by Crippen LogP contribution is 2.26. The van der Waals surface area contributed by atoms with Gasteiger partial charge in [-0.1, -0.05) is 12.1 Å². The average Bonchev–Trinajstić information content (AvgIpc) is 2.67. The molecule has 0 radical (unpaired) electrons. The fraction of sp³-hybridized carbons (Fsp3) is 0.600. The van der Waals surface area contributed by atoms with Crippen LogP contribution in [0.3, 0.4) is 0 Å². The lowest BCUT2D eigenvalue weighted by molar-refractivity contribution is -0.140. The lowest BCUT2D eigenvalue weighted by atomic mass is 9.92. The van der Waals surface area contributed by atoms with Crippen molar-refractivity contribution in [2.45, 2.75) is 39.7 Å². The van der Waals surface area contributed by atoms with Crippen LogP contribution in [0.1, 0.15) is 33.6 Å². The number of carbonyl (C=O) groups is 2. The number of nitrogens with zero attached hydrogens (tertiary/aromatic N) is 1. The highest BCUT2D eigenvalue weighted by molar-refractivity contribution is 6.19. The smallest absolute Gasteiger partial charge is 0.258 e. The summed E-state index contributed by atoms with van der Waals surface area (Å²) in [5, 5.41) is 2.98. The monoisotopic (exact) mass is 396 g/mol. The van der Waals surface area contributed by atoms with Crippen LogP contribution in [0.15, 0.2) is 24.3 Å². The lowest BCUT2D eigenvalue weighted by Gasteiger charge is -2.36. The third kappa shape index (κ3) is 6.03. The van der Waals surface area contributed by atoms with E-state index in [1.807, 2.05) is 43.9 Å². The fourth-order valence-corrected chi connectivity index (χ4v) is 3.08. The van der Waals surface area contributed by atoms with E-state index < -0.39 is 5.41 Å². The van der Waals surface area contributed by atoms with Crippen LogP contribution in [0.4, 0.5) is 0 Å². The first-order chi connectivity index (χ1) is 12.9. The number of likely N-dealkylation sites (tertiary alicyclic amines) is 1. The van der Waals surface area contributed by atoms with Crippen LogP contribution >= 0.6 is 11.6 Å². The van der Waals surface area contributed by atoms with Gasteiger partial charge in [-0.25, -0.2) is 0 Å². The van der Waals surface area contributed by atoms with Crippen molar-refractivity contribution in [1.29, 1.82) is 0 Å². The topological polar surface area (TPSA) is 67.9 Å². The van der Waals surface area contributed by atoms with E-state index >= 15 is 0 Å². The summed E-state index contributed by atoms with van der Waals surface area (Å²) in [5.41, 5.74) is -0.556. The molecule has 150 valence electrons. The molecule has 1 fully saturated rings. The maximum atomic E-state index is 12.4. The zero-order valence-corrected chi connectivity index (χ0v) is 17.1.